The Hall–Kier alpha value is -1.34. The lowest BCUT2D eigenvalue weighted by Crippen LogP contribution is -2.25. The Bertz CT molecular complexity index is 533. The number of rotatable bonds is 6. The van der Waals surface area contributed by atoms with E-state index in [1.165, 1.54) is 17.4 Å². The molecule has 0 radical (unpaired) electrons. The van der Waals surface area contributed by atoms with Crippen molar-refractivity contribution in [3.05, 3.63) is 41.2 Å². The Kier molecular flexibility index (Phi) is 4.98. The first-order valence-corrected chi connectivity index (χ1v) is 6.71. The summed E-state index contributed by atoms with van der Waals surface area (Å²) < 4.78 is 13.6. The summed E-state index contributed by atoms with van der Waals surface area (Å²) in [5.74, 6) is -0.276. The summed E-state index contributed by atoms with van der Waals surface area (Å²) in [5.41, 5.74) is 1.29. The predicted molar refractivity (Wildman–Crippen MR) is 72.0 cm³/mol. The zero-order valence-electron chi connectivity index (χ0n) is 10.5. The molecule has 0 fully saturated rings. The molecule has 0 aliphatic carbocycles. The first-order valence-electron chi connectivity index (χ1n) is 5.84. The highest BCUT2D eigenvalue weighted by molar-refractivity contribution is 7.13. The molecule has 0 aliphatic heterocycles. The molecule has 0 spiro atoms. The Morgan fingerprint density at radius 3 is 2.89 bits per heavy atom. The first kappa shape index (κ1) is 14.1. The van der Waals surface area contributed by atoms with Gasteiger partial charge in [0.15, 0.2) is 0 Å². The highest BCUT2D eigenvalue weighted by Gasteiger charge is 2.11. The van der Waals surface area contributed by atoms with Crippen molar-refractivity contribution < 1.29 is 14.3 Å². The highest BCUT2D eigenvalue weighted by atomic mass is 32.1. The lowest BCUT2D eigenvalue weighted by atomic mass is 10.2. The molecule has 1 N–H and O–H groups in total. The van der Waals surface area contributed by atoms with Crippen LogP contribution in [0.1, 0.15) is 5.69 Å². The van der Waals surface area contributed by atoms with Crippen LogP contribution >= 0.6 is 11.3 Å². The standard InChI is InChI=1S/C13H15FN2O2S/c1-18-16(6-7-17)8-10-9-19-13(15-10)11-4-2-3-5-12(11)14/h2-5,9,17H,6-8H2,1H3. The number of thiazole rings is 1. The zero-order chi connectivity index (χ0) is 13.7. The molecule has 1 aromatic heterocycles. The van der Waals surface area contributed by atoms with E-state index in [0.29, 0.717) is 23.7 Å². The highest BCUT2D eigenvalue weighted by Crippen LogP contribution is 2.26. The largest absolute Gasteiger partial charge is 0.395 e. The van der Waals surface area contributed by atoms with Crippen molar-refractivity contribution in [3.8, 4) is 10.6 Å². The smallest absolute Gasteiger partial charge is 0.133 e. The number of hydroxylamine groups is 2. The van der Waals surface area contributed by atoms with Gasteiger partial charge in [0.05, 0.1) is 26.0 Å². The molecule has 2 aromatic rings. The van der Waals surface area contributed by atoms with Gasteiger partial charge in [0.1, 0.15) is 10.8 Å². The monoisotopic (exact) mass is 282 g/mol. The average molecular weight is 282 g/mol. The number of aromatic nitrogens is 1. The molecule has 6 heteroatoms. The Morgan fingerprint density at radius 2 is 2.21 bits per heavy atom. The van der Waals surface area contributed by atoms with E-state index in [9.17, 15) is 4.39 Å². The minimum atomic E-state index is -0.276. The number of hydrogen-bond acceptors (Lipinski definition) is 5. The summed E-state index contributed by atoms with van der Waals surface area (Å²) in [6.07, 6.45) is 0. The van der Waals surface area contributed by atoms with Crippen molar-refractivity contribution in [2.24, 2.45) is 0 Å². The normalized spacial score (nSPS) is 11.2. The summed E-state index contributed by atoms with van der Waals surface area (Å²) >= 11 is 1.39. The van der Waals surface area contributed by atoms with E-state index in [4.69, 9.17) is 9.94 Å². The van der Waals surface area contributed by atoms with Gasteiger partial charge in [-0.1, -0.05) is 12.1 Å². The van der Waals surface area contributed by atoms with Crippen LogP contribution in [0.3, 0.4) is 0 Å². The molecule has 1 aromatic carbocycles. The lowest BCUT2D eigenvalue weighted by molar-refractivity contribution is -0.144. The Morgan fingerprint density at radius 1 is 1.42 bits per heavy atom. The van der Waals surface area contributed by atoms with Gasteiger partial charge >= 0.3 is 0 Å². The van der Waals surface area contributed by atoms with Gasteiger partial charge in [0, 0.05) is 17.5 Å². The average Bonchev–Trinajstić information content (AvgIpc) is 2.87. The predicted octanol–water partition coefficient (Wildman–Crippen LogP) is 2.30. The van der Waals surface area contributed by atoms with Crippen LogP contribution in [0, 0.1) is 5.82 Å². The van der Waals surface area contributed by atoms with Crippen LogP contribution in [0.2, 0.25) is 0 Å². The van der Waals surface area contributed by atoms with E-state index in [1.807, 2.05) is 5.38 Å². The maximum absolute atomic E-state index is 13.6. The minimum absolute atomic E-state index is 0.0121. The maximum Gasteiger partial charge on any atom is 0.133 e. The van der Waals surface area contributed by atoms with Crippen LogP contribution in [0.25, 0.3) is 10.6 Å². The number of nitrogens with zero attached hydrogens (tertiary/aromatic N) is 2. The lowest BCUT2D eigenvalue weighted by Gasteiger charge is -2.16. The molecule has 0 saturated heterocycles. The number of hydrogen-bond donors (Lipinski definition) is 1. The van der Waals surface area contributed by atoms with Crippen molar-refractivity contribution in [2.75, 3.05) is 20.3 Å². The van der Waals surface area contributed by atoms with Crippen LogP contribution < -0.4 is 0 Å². The van der Waals surface area contributed by atoms with Crippen LogP contribution in [-0.4, -0.2) is 35.4 Å². The number of aliphatic hydroxyl groups is 1. The second kappa shape index (κ2) is 6.72. The van der Waals surface area contributed by atoms with Crippen LogP contribution in [-0.2, 0) is 11.4 Å². The molecule has 102 valence electrons. The molecular weight excluding hydrogens is 267 g/mol. The van der Waals surface area contributed by atoms with E-state index >= 15 is 0 Å². The summed E-state index contributed by atoms with van der Waals surface area (Å²) in [6.45, 7) is 0.878. The van der Waals surface area contributed by atoms with Crippen LogP contribution in [0.15, 0.2) is 29.6 Å². The summed E-state index contributed by atoms with van der Waals surface area (Å²) in [4.78, 5) is 9.48. The molecular formula is C13H15FN2O2S. The van der Waals surface area contributed by atoms with Crippen molar-refractivity contribution in [1.82, 2.24) is 10.0 Å². The van der Waals surface area contributed by atoms with E-state index in [0.717, 1.165) is 5.69 Å². The van der Waals surface area contributed by atoms with E-state index < -0.39 is 0 Å². The quantitative estimate of drug-likeness (QED) is 0.826. The van der Waals surface area contributed by atoms with Gasteiger partial charge < -0.3 is 9.94 Å². The van der Waals surface area contributed by atoms with Crippen molar-refractivity contribution in [2.45, 2.75) is 6.54 Å². The number of benzene rings is 1. The molecule has 19 heavy (non-hydrogen) atoms. The molecule has 0 aliphatic rings. The van der Waals surface area contributed by atoms with Crippen LogP contribution in [0.5, 0.6) is 0 Å². The third-order valence-electron chi connectivity index (χ3n) is 2.60. The van der Waals surface area contributed by atoms with E-state index in [1.54, 1.807) is 30.4 Å². The second-order valence-electron chi connectivity index (χ2n) is 3.89. The molecule has 0 bridgehead atoms. The Labute approximate surface area is 115 Å². The van der Waals surface area contributed by atoms with Crippen molar-refractivity contribution in [3.63, 3.8) is 0 Å². The van der Waals surface area contributed by atoms with Gasteiger partial charge in [-0.25, -0.2) is 9.37 Å². The minimum Gasteiger partial charge on any atom is -0.395 e. The summed E-state index contributed by atoms with van der Waals surface area (Å²) in [5, 5.41) is 13.0. The molecule has 4 nitrogen and oxygen atoms in total. The van der Waals surface area contributed by atoms with Crippen molar-refractivity contribution >= 4 is 11.3 Å². The Balaban J connectivity index is 2.13. The molecule has 2 rings (SSSR count). The van der Waals surface area contributed by atoms with Gasteiger partial charge in [-0.05, 0) is 12.1 Å². The first-order chi connectivity index (χ1) is 9.24. The van der Waals surface area contributed by atoms with E-state index in [2.05, 4.69) is 4.98 Å². The van der Waals surface area contributed by atoms with Crippen molar-refractivity contribution in [1.29, 1.82) is 0 Å². The van der Waals surface area contributed by atoms with Crippen LogP contribution in [0.4, 0.5) is 4.39 Å². The SMILES string of the molecule is CON(CCO)Cc1csc(-c2ccccc2F)n1. The number of halogens is 1. The maximum atomic E-state index is 13.6. The topological polar surface area (TPSA) is 45.6 Å². The fourth-order valence-electron chi connectivity index (χ4n) is 1.67. The summed E-state index contributed by atoms with van der Waals surface area (Å²) in [6, 6.07) is 6.57. The third kappa shape index (κ3) is 3.57. The van der Waals surface area contributed by atoms with Gasteiger partial charge in [0.2, 0.25) is 0 Å². The third-order valence-corrected chi connectivity index (χ3v) is 3.53. The van der Waals surface area contributed by atoms with Gasteiger partial charge in [-0.2, -0.15) is 5.06 Å². The van der Waals surface area contributed by atoms with Gasteiger partial charge in [-0.15, -0.1) is 11.3 Å². The van der Waals surface area contributed by atoms with E-state index in [-0.39, 0.29) is 12.4 Å². The second-order valence-corrected chi connectivity index (χ2v) is 4.75. The molecule has 0 atom stereocenters. The molecule has 0 saturated carbocycles. The zero-order valence-corrected chi connectivity index (χ0v) is 11.4. The molecule has 0 unspecified atom stereocenters. The number of aliphatic hydroxyl groups excluding tert-OH is 1. The van der Waals surface area contributed by atoms with Gasteiger partial charge in [0.25, 0.3) is 0 Å². The molecule has 1 heterocycles. The van der Waals surface area contributed by atoms with Gasteiger partial charge in [-0.3, -0.25) is 0 Å². The molecule has 0 amide bonds. The fourth-order valence-corrected chi connectivity index (χ4v) is 2.50. The fraction of sp³-hybridized carbons (Fsp3) is 0.308. The summed E-state index contributed by atoms with van der Waals surface area (Å²) in [7, 11) is 1.54.